The molecule has 19 heavy (non-hydrogen) atoms. The van der Waals surface area contributed by atoms with Crippen molar-refractivity contribution in [1.82, 2.24) is 10.0 Å². The van der Waals surface area contributed by atoms with Crippen LogP contribution in [-0.4, -0.2) is 21.0 Å². The van der Waals surface area contributed by atoms with Gasteiger partial charge in [0.25, 0.3) is 10.0 Å². The van der Waals surface area contributed by atoms with Gasteiger partial charge in [-0.3, -0.25) is 0 Å². The number of nitrogens with one attached hydrogen (secondary N) is 2. The van der Waals surface area contributed by atoms with E-state index >= 15 is 0 Å². The molecule has 2 N–H and O–H groups in total. The van der Waals surface area contributed by atoms with Crippen molar-refractivity contribution in [3.63, 3.8) is 0 Å². The fourth-order valence-electron chi connectivity index (χ4n) is 1.42. The molecule has 0 radical (unpaired) electrons. The number of aryl methyl sites for hydroxylation is 1. The lowest BCUT2D eigenvalue weighted by atomic mass is 10.2. The summed E-state index contributed by atoms with van der Waals surface area (Å²) >= 11 is 5.87. The van der Waals surface area contributed by atoms with Crippen LogP contribution in [0.15, 0.2) is 23.1 Å². The molecule has 2 amide bonds. The standard InChI is InChI=1S/C12H17ClN2O3S/c1-3-4-7-14-12(16)15-19(17,18)11-6-5-9(2)8-10(11)13/h5-6,8H,3-4,7H2,1-2H3,(H2,14,15,16). The molecular weight excluding hydrogens is 288 g/mol. The predicted octanol–water partition coefficient (Wildman–Crippen LogP) is 2.44. The van der Waals surface area contributed by atoms with Gasteiger partial charge in [-0.1, -0.05) is 31.0 Å². The van der Waals surface area contributed by atoms with Crippen LogP contribution in [0, 0.1) is 6.92 Å². The number of carbonyl (C=O) groups is 1. The van der Waals surface area contributed by atoms with Crippen LogP contribution in [0.5, 0.6) is 0 Å². The molecule has 0 aliphatic heterocycles. The molecule has 0 aliphatic rings. The van der Waals surface area contributed by atoms with Crippen LogP contribution in [0.4, 0.5) is 4.79 Å². The Balaban J connectivity index is 2.78. The van der Waals surface area contributed by atoms with Crippen molar-refractivity contribution in [2.45, 2.75) is 31.6 Å². The zero-order valence-electron chi connectivity index (χ0n) is 10.9. The van der Waals surface area contributed by atoms with Gasteiger partial charge >= 0.3 is 6.03 Å². The summed E-state index contributed by atoms with van der Waals surface area (Å²) in [7, 11) is -3.94. The van der Waals surface area contributed by atoms with Crippen LogP contribution in [0.2, 0.25) is 5.02 Å². The second-order valence-corrected chi connectivity index (χ2v) is 6.21. The van der Waals surface area contributed by atoms with E-state index < -0.39 is 16.1 Å². The second kappa shape index (κ2) is 6.77. The van der Waals surface area contributed by atoms with Crippen LogP contribution in [0.25, 0.3) is 0 Å². The molecule has 0 atom stereocenters. The number of hydrogen-bond acceptors (Lipinski definition) is 3. The molecule has 0 aromatic heterocycles. The van der Waals surface area contributed by atoms with E-state index in [2.05, 4.69) is 5.32 Å². The summed E-state index contributed by atoms with van der Waals surface area (Å²) in [5, 5.41) is 2.56. The van der Waals surface area contributed by atoms with Crippen LogP contribution < -0.4 is 10.0 Å². The molecule has 0 saturated heterocycles. The highest BCUT2D eigenvalue weighted by molar-refractivity contribution is 7.90. The molecule has 1 aromatic carbocycles. The molecule has 1 aromatic rings. The number of sulfonamides is 1. The Bertz CT molecular complexity index is 558. The van der Waals surface area contributed by atoms with Gasteiger partial charge in [0.1, 0.15) is 4.90 Å². The van der Waals surface area contributed by atoms with Crippen molar-refractivity contribution in [2.75, 3.05) is 6.54 Å². The highest BCUT2D eigenvalue weighted by Gasteiger charge is 2.20. The van der Waals surface area contributed by atoms with Crippen molar-refractivity contribution in [3.05, 3.63) is 28.8 Å². The molecule has 0 heterocycles. The number of urea groups is 1. The molecule has 1 rings (SSSR count). The molecule has 7 heteroatoms. The number of benzene rings is 1. The topological polar surface area (TPSA) is 75.3 Å². The number of halogens is 1. The fourth-order valence-corrected chi connectivity index (χ4v) is 2.94. The molecule has 0 aliphatic carbocycles. The Morgan fingerprint density at radius 3 is 2.63 bits per heavy atom. The summed E-state index contributed by atoms with van der Waals surface area (Å²) in [6.45, 7) is 4.20. The molecule has 0 bridgehead atoms. The SMILES string of the molecule is CCCCNC(=O)NS(=O)(=O)c1ccc(C)cc1Cl. The number of carbonyl (C=O) groups excluding carboxylic acids is 1. The van der Waals surface area contributed by atoms with Gasteiger partial charge in [0.15, 0.2) is 0 Å². The summed E-state index contributed by atoms with van der Waals surface area (Å²) in [5.41, 5.74) is 0.844. The highest BCUT2D eigenvalue weighted by Crippen LogP contribution is 2.22. The van der Waals surface area contributed by atoms with Crippen LogP contribution in [0.1, 0.15) is 25.3 Å². The Kier molecular flexibility index (Phi) is 5.62. The van der Waals surface area contributed by atoms with E-state index in [0.29, 0.717) is 6.54 Å². The Labute approximate surface area is 118 Å². The minimum atomic E-state index is -3.94. The quantitative estimate of drug-likeness (QED) is 0.820. The van der Waals surface area contributed by atoms with Crippen LogP contribution in [0.3, 0.4) is 0 Å². The van der Waals surface area contributed by atoms with Crippen molar-refractivity contribution in [3.8, 4) is 0 Å². The minimum Gasteiger partial charge on any atom is -0.337 e. The number of unbranched alkanes of at least 4 members (excludes halogenated alkanes) is 1. The molecule has 0 unspecified atom stereocenters. The largest absolute Gasteiger partial charge is 0.337 e. The Hall–Kier alpha value is -1.27. The Morgan fingerprint density at radius 2 is 2.05 bits per heavy atom. The van der Waals surface area contributed by atoms with Gasteiger partial charge in [0, 0.05) is 6.54 Å². The summed E-state index contributed by atoms with van der Waals surface area (Å²) in [6.07, 6.45) is 1.70. The zero-order chi connectivity index (χ0) is 14.5. The van der Waals surface area contributed by atoms with E-state index in [1.807, 2.05) is 11.6 Å². The van der Waals surface area contributed by atoms with Gasteiger partial charge in [-0.2, -0.15) is 0 Å². The van der Waals surface area contributed by atoms with Gasteiger partial charge in [-0.25, -0.2) is 17.9 Å². The molecular formula is C12H17ClN2O3S. The predicted molar refractivity (Wildman–Crippen MR) is 74.8 cm³/mol. The maximum atomic E-state index is 12.0. The monoisotopic (exact) mass is 304 g/mol. The number of hydrogen-bond donors (Lipinski definition) is 2. The first kappa shape index (κ1) is 15.8. The van der Waals surface area contributed by atoms with Gasteiger partial charge in [0.2, 0.25) is 0 Å². The maximum absolute atomic E-state index is 12.0. The first-order chi connectivity index (χ1) is 8.86. The summed E-state index contributed by atoms with van der Waals surface area (Å²) in [5.74, 6) is 0. The van der Waals surface area contributed by atoms with Gasteiger partial charge < -0.3 is 5.32 Å². The Morgan fingerprint density at radius 1 is 1.37 bits per heavy atom. The molecule has 0 fully saturated rings. The first-order valence-corrected chi connectivity index (χ1v) is 7.79. The van der Waals surface area contributed by atoms with E-state index in [-0.39, 0.29) is 9.92 Å². The van der Waals surface area contributed by atoms with Crippen LogP contribution >= 0.6 is 11.6 Å². The minimum absolute atomic E-state index is 0.0915. The molecule has 106 valence electrons. The molecule has 0 saturated carbocycles. The lowest BCUT2D eigenvalue weighted by molar-refractivity contribution is 0.245. The summed E-state index contributed by atoms with van der Waals surface area (Å²) in [6, 6.07) is 3.78. The third kappa shape index (κ3) is 4.72. The fraction of sp³-hybridized carbons (Fsp3) is 0.417. The maximum Gasteiger partial charge on any atom is 0.328 e. The van der Waals surface area contributed by atoms with Crippen molar-refractivity contribution < 1.29 is 13.2 Å². The highest BCUT2D eigenvalue weighted by atomic mass is 35.5. The molecule has 0 spiro atoms. The van der Waals surface area contributed by atoms with Gasteiger partial charge in [-0.15, -0.1) is 0 Å². The summed E-state index contributed by atoms with van der Waals surface area (Å²) < 4.78 is 25.8. The molecule has 5 nitrogen and oxygen atoms in total. The van der Waals surface area contributed by atoms with Crippen LogP contribution in [-0.2, 0) is 10.0 Å². The normalized spacial score (nSPS) is 11.1. The average molecular weight is 305 g/mol. The van der Waals surface area contributed by atoms with E-state index in [1.165, 1.54) is 12.1 Å². The van der Waals surface area contributed by atoms with Gasteiger partial charge in [0.05, 0.1) is 5.02 Å². The second-order valence-electron chi connectivity index (χ2n) is 4.15. The van der Waals surface area contributed by atoms with E-state index in [9.17, 15) is 13.2 Å². The lowest BCUT2D eigenvalue weighted by Crippen LogP contribution is -2.39. The smallest absolute Gasteiger partial charge is 0.328 e. The first-order valence-electron chi connectivity index (χ1n) is 5.93. The lowest BCUT2D eigenvalue weighted by Gasteiger charge is -2.09. The van der Waals surface area contributed by atoms with Crippen molar-refractivity contribution in [2.24, 2.45) is 0 Å². The average Bonchev–Trinajstić information content (AvgIpc) is 2.27. The number of amides is 2. The van der Waals surface area contributed by atoms with E-state index in [1.54, 1.807) is 13.0 Å². The van der Waals surface area contributed by atoms with Gasteiger partial charge in [-0.05, 0) is 31.0 Å². The van der Waals surface area contributed by atoms with E-state index in [4.69, 9.17) is 11.6 Å². The summed E-state index contributed by atoms with van der Waals surface area (Å²) in [4.78, 5) is 11.3. The zero-order valence-corrected chi connectivity index (χ0v) is 12.4. The van der Waals surface area contributed by atoms with Crippen molar-refractivity contribution >= 4 is 27.7 Å². The van der Waals surface area contributed by atoms with E-state index in [0.717, 1.165) is 18.4 Å². The van der Waals surface area contributed by atoms with Crippen molar-refractivity contribution in [1.29, 1.82) is 0 Å². The third-order valence-electron chi connectivity index (χ3n) is 2.42. The third-order valence-corrected chi connectivity index (χ3v) is 4.23. The number of rotatable bonds is 5.